The van der Waals surface area contributed by atoms with E-state index in [4.69, 9.17) is 16.7 Å². The van der Waals surface area contributed by atoms with Gasteiger partial charge in [-0.3, -0.25) is 0 Å². The van der Waals surface area contributed by atoms with Crippen molar-refractivity contribution in [3.8, 4) is 0 Å². The normalized spacial score (nSPS) is 11.3. The number of halogens is 1. The lowest BCUT2D eigenvalue weighted by molar-refractivity contribution is 0.0698. The molecule has 4 heteroatoms. The molecule has 0 spiro atoms. The third-order valence-electron chi connectivity index (χ3n) is 2.40. The summed E-state index contributed by atoms with van der Waals surface area (Å²) in [6.45, 7) is 7.16. The molecule has 0 aliphatic carbocycles. The van der Waals surface area contributed by atoms with Crippen LogP contribution in [0.1, 0.15) is 37.6 Å². The van der Waals surface area contributed by atoms with E-state index in [9.17, 15) is 4.79 Å². The zero-order valence-electron chi connectivity index (χ0n) is 10.4. The van der Waals surface area contributed by atoms with Crippen molar-refractivity contribution in [2.24, 2.45) is 5.41 Å². The molecular weight excluding hydrogens is 238 g/mol. The number of hydrogen-bond acceptors (Lipinski definition) is 2. The second kappa shape index (κ2) is 5.41. The van der Waals surface area contributed by atoms with Gasteiger partial charge < -0.3 is 10.4 Å². The van der Waals surface area contributed by atoms with E-state index in [2.05, 4.69) is 26.1 Å². The minimum absolute atomic E-state index is 0.217. The Hall–Kier alpha value is -1.22. The lowest BCUT2D eigenvalue weighted by Crippen LogP contribution is -2.14. The molecular formula is C13H18ClNO2. The van der Waals surface area contributed by atoms with E-state index >= 15 is 0 Å². The minimum Gasteiger partial charge on any atom is -0.478 e. The first-order valence-corrected chi connectivity index (χ1v) is 5.94. The fourth-order valence-corrected chi connectivity index (χ4v) is 1.59. The zero-order chi connectivity index (χ0) is 13.1. The van der Waals surface area contributed by atoms with Crippen LogP contribution >= 0.6 is 11.6 Å². The first-order valence-electron chi connectivity index (χ1n) is 5.56. The number of rotatable bonds is 4. The summed E-state index contributed by atoms with van der Waals surface area (Å²) in [6.07, 6.45) is 0.957. The van der Waals surface area contributed by atoms with Crippen LogP contribution in [-0.4, -0.2) is 17.6 Å². The highest BCUT2D eigenvalue weighted by Gasteiger charge is 2.12. The molecule has 17 heavy (non-hydrogen) atoms. The number of nitrogens with one attached hydrogen (secondary N) is 1. The molecule has 0 atom stereocenters. The maximum atomic E-state index is 11.0. The second-order valence-electron chi connectivity index (χ2n) is 5.23. The smallest absolute Gasteiger partial charge is 0.337 e. The molecule has 0 amide bonds. The summed E-state index contributed by atoms with van der Waals surface area (Å²) < 4.78 is 0. The summed E-state index contributed by atoms with van der Waals surface area (Å²) in [6, 6.07) is 4.75. The number of aromatic carboxylic acids is 1. The third kappa shape index (κ3) is 4.65. The molecule has 2 N–H and O–H groups in total. The van der Waals surface area contributed by atoms with Gasteiger partial charge in [0.2, 0.25) is 0 Å². The zero-order valence-corrected chi connectivity index (χ0v) is 11.1. The monoisotopic (exact) mass is 255 g/mol. The van der Waals surface area contributed by atoms with Crippen LogP contribution in [0.2, 0.25) is 5.02 Å². The fraction of sp³-hybridized carbons (Fsp3) is 0.462. The van der Waals surface area contributed by atoms with E-state index < -0.39 is 5.97 Å². The highest BCUT2D eigenvalue weighted by Crippen LogP contribution is 2.23. The van der Waals surface area contributed by atoms with Gasteiger partial charge in [0.1, 0.15) is 0 Å². The maximum Gasteiger partial charge on any atom is 0.337 e. The fourth-order valence-electron chi connectivity index (χ4n) is 1.42. The third-order valence-corrected chi connectivity index (χ3v) is 2.64. The molecule has 94 valence electrons. The highest BCUT2D eigenvalue weighted by atomic mass is 35.5. The first kappa shape index (κ1) is 13.8. The Morgan fingerprint density at radius 2 is 2.06 bits per heavy atom. The summed E-state index contributed by atoms with van der Waals surface area (Å²) in [4.78, 5) is 11.0. The van der Waals surface area contributed by atoms with Gasteiger partial charge in [0.25, 0.3) is 0 Å². The number of hydrogen-bond donors (Lipinski definition) is 2. The lowest BCUT2D eigenvalue weighted by Gasteiger charge is -2.19. The minimum atomic E-state index is -0.945. The largest absolute Gasteiger partial charge is 0.478 e. The predicted octanol–water partition coefficient (Wildman–Crippen LogP) is 3.89. The Kier molecular flexibility index (Phi) is 4.40. The van der Waals surface area contributed by atoms with Crippen molar-refractivity contribution >= 4 is 23.3 Å². The van der Waals surface area contributed by atoms with Crippen LogP contribution in [0.5, 0.6) is 0 Å². The van der Waals surface area contributed by atoms with Gasteiger partial charge in [0.15, 0.2) is 0 Å². The molecule has 0 aromatic heterocycles. The molecule has 0 aliphatic rings. The van der Waals surface area contributed by atoms with Crippen molar-refractivity contribution in [3.05, 3.63) is 28.8 Å². The molecule has 1 aromatic carbocycles. The standard InChI is InChI=1S/C13H18ClNO2/c1-13(2,3)6-7-15-11-8-9(14)4-5-10(11)12(16)17/h4-5,8,15H,6-7H2,1-3H3,(H,16,17). The number of carboxylic acids is 1. The summed E-state index contributed by atoms with van der Waals surface area (Å²) in [5.41, 5.74) is 1.05. The van der Waals surface area contributed by atoms with Gasteiger partial charge in [-0.2, -0.15) is 0 Å². The molecule has 0 unspecified atom stereocenters. The number of benzene rings is 1. The highest BCUT2D eigenvalue weighted by molar-refractivity contribution is 6.31. The summed E-state index contributed by atoms with van der Waals surface area (Å²) in [5.74, 6) is -0.945. The molecule has 0 fully saturated rings. The average molecular weight is 256 g/mol. The van der Waals surface area contributed by atoms with Crippen molar-refractivity contribution in [2.45, 2.75) is 27.2 Å². The SMILES string of the molecule is CC(C)(C)CCNc1cc(Cl)ccc1C(=O)O. The van der Waals surface area contributed by atoms with Crippen LogP contribution in [0, 0.1) is 5.41 Å². The molecule has 0 saturated carbocycles. The van der Waals surface area contributed by atoms with E-state index in [0.717, 1.165) is 13.0 Å². The molecule has 1 rings (SSSR count). The van der Waals surface area contributed by atoms with Crippen molar-refractivity contribution in [2.75, 3.05) is 11.9 Å². The molecule has 0 bridgehead atoms. The Bertz CT molecular complexity index is 410. The molecule has 3 nitrogen and oxygen atoms in total. The molecule has 0 heterocycles. The Labute approximate surface area is 107 Å². The van der Waals surface area contributed by atoms with Gasteiger partial charge in [0, 0.05) is 11.6 Å². The Morgan fingerprint density at radius 3 is 2.59 bits per heavy atom. The summed E-state index contributed by atoms with van der Waals surface area (Å²) in [7, 11) is 0. The predicted molar refractivity (Wildman–Crippen MR) is 71.0 cm³/mol. The topological polar surface area (TPSA) is 49.3 Å². The van der Waals surface area contributed by atoms with Gasteiger partial charge in [-0.25, -0.2) is 4.79 Å². The molecule has 1 aromatic rings. The summed E-state index contributed by atoms with van der Waals surface area (Å²) >= 11 is 5.86. The van der Waals surface area contributed by atoms with Crippen LogP contribution in [0.15, 0.2) is 18.2 Å². The Morgan fingerprint density at radius 1 is 1.41 bits per heavy atom. The van der Waals surface area contributed by atoms with Gasteiger partial charge in [-0.1, -0.05) is 32.4 Å². The summed E-state index contributed by atoms with van der Waals surface area (Å²) in [5, 5.41) is 12.7. The van der Waals surface area contributed by atoms with Crippen molar-refractivity contribution in [1.82, 2.24) is 0 Å². The second-order valence-corrected chi connectivity index (χ2v) is 5.67. The van der Waals surface area contributed by atoms with Gasteiger partial charge in [-0.15, -0.1) is 0 Å². The molecule has 0 aliphatic heterocycles. The maximum absolute atomic E-state index is 11.0. The van der Waals surface area contributed by atoms with Gasteiger partial charge >= 0.3 is 5.97 Å². The van der Waals surface area contributed by atoms with Crippen molar-refractivity contribution in [1.29, 1.82) is 0 Å². The average Bonchev–Trinajstić information content (AvgIpc) is 2.15. The lowest BCUT2D eigenvalue weighted by atomic mass is 9.92. The van der Waals surface area contributed by atoms with Crippen LogP contribution in [0.3, 0.4) is 0 Å². The van der Waals surface area contributed by atoms with Crippen LogP contribution in [-0.2, 0) is 0 Å². The van der Waals surface area contributed by atoms with Crippen molar-refractivity contribution in [3.63, 3.8) is 0 Å². The van der Waals surface area contributed by atoms with Gasteiger partial charge in [0.05, 0.1) is 11.3 Å². The van der Waals surface area contributed by atoms with Gasteiger partial charge in [-0.05, 0) is 30.0 Å². The van der Waals surface area contributed by atoms with Crippen LogP contribution in [0.4, 0.5) is 5.69 Å². The number of carboxylic acid groups (broad SMARTS) is 1. The van der Waals surface area contributed by atoms with Crippen LogP contribution in [0.25, 0.3) is 0 Å². The first-order chi connectivity index (χ1) is 7.79. The van der Waals surface area contributed by atoms with E-state index in [1.165, 1.54) is 6.07 Å². The van der Waals surface area contributed by atoms with E-state index in [1.54, 1.807) is 12.1 Å². The quantitative estimate of drug-likeness (QED) is 0.858. The molecule has 0 saturated heterocycles. The van der Waals surface area contributed by atoms with E-state index in [0.29, 0.717) is 10.7 Å². The molecule has 0 radical (unpaired) electrons. The Balaban J connectivity index is 2.75. The van der Waals surface area contributed by atoms with E-state index in [-0.39, 0.29) is 11.0 Å². The number of anilines is 1. The number of carbonyl (C=O) groups is 1. The van der Waals surface area contributed by atoms with Crippen molar-refractivity contribution < 1.29 is 9.90 Å². The van der Waals surface area contributed by atoms with Crippen LogP contribution < -0.4 is 5.32 Å². The van der Waals surface area contributed by atoms with E-state index in [1.807, 2.05) is 0 Å².